The second-order valence-corrected chi connectivity index (χ2v) is 3.52. The molecule has 1 aromatic carbocycles. The van der Waals surface area contributed by atoms with Crippen LogP contribution in [-0.2, 0) is 0 Å². The van der Waals surface area contributed by atoms with Gasteiger partial charge in [-0.2, -0.15) is 0 Å². The number of imidazole rings is 1. The molecular weight excluding hydrogens is 194 g/mol. The lowest BCUT2D eigenvalue weighted by molar-refractivity contribution is 1.12. The van der Waals surface area contributed by atoms with E-state index >= 15 is 0 Å². The Labute approximate surface area is 85.0 Å². The van der Waals surface area contributed by atoms with E-state index in [1.165, 1.54) is 0 Å². The summed E-state index contributed by atoms with van der Waals surface area (Å²) >= 11 is 5.00. The molecule has 4 heteroatoms. The Morgan fingerprint density at radius 1 is 1.21 bits per heavy atom. The zero-order valence-corrected chi connectivity index (χ0v) is 8.08. The Balaban J connectivity index is 2.63. The van der Waals surface area contributed by atoms with Crippen molar-refractivity contribution >= 4 is 29.0 Å². The molecule has 0 saturated heterocycles. The van der Waals surface area contributed by atoms with Gasteiger partial charge in [-0.3, -0.25) is 4.40 Å². The molecular formula is C10H7N3S. The van der Waals surface area contributed by atoms with Gasteiger partial charge < -0.3 is 4.98 Å². The van der Waals surface area contributed by atoms with Crippen LogP contribution >= 0.6 is 12.2 Å². The third kappa shape index (κ3) is 0.975. The van der Waals surface area contributed by atoms with E-state index in [9.17, 15) is 0 Å². The summed E-state index contributed by atoms with van der Waals surface area (Å²) in [5.74, 6) is 0.790. The molecule has 0 aliphatic heterocycles. The number of fused-ring (bicyclic) bond motifs is 3. The van der Waals surface area contributed by atoms with Crippen molar-refractivity contribution in [2.45, 2.75) is 0 Å². The number of aromatic nitrogens is 3. The third-order valence-electron chi connectivity index (χ3n) is 2.22. The van der Waals surface area contributed by atoms with E-state index in [2.05, 4.69) is 9.97 Å². The zero-order chi connectivity index (χ0) is 9.54. The number of para-hydroxylation sites is 2. The molecule has 2 aromatic heterocycles. The minimum absolute atomic E-state index is 0.608. The molecule has 2 heterocycles. The molecule has 3 rings (SSSR count). The average Bonchev–Trinajstić information content (AvgIpc) is 2.54. The largest absolute Gasteiger partial charge is 0.323 e. The van der Waals surface area contributed by atoms with Gasteiger partial charge in [-0.05, 0) is 18.2 Å². The van der Waals surface area contributed by atoms with Crippen molar-refractivity contribution < 1.29 is 0 Å². The lowest BCUT2D eigenvalue weighted by Gasteiger charge is -1.91. The molecule has 0 atom stereocenters. The number of hydrogen-bond donors (Lipinski definition) is 1. The summed E-state index contributed by atoms with van der Waals surface area (Å²) in [5.41, 5.74) is 2.19. The maximum atomic E-state index is 5.00. The summed E-state index contributed by atoms with van der Waals surface area (Å²) in [5, 5.41) is 0. The summed E-state index contributed by atoms with van der Waals surface area (Å²) in [6, 6.07) is 9.89. The molecule has 0 radical (unpaired) electrons. The smallest absolute Gasteiger partial charge is 0.213 e. The van der Waals surface area contributed by atoms with Crippen LogP contribution in [0.3, 0.4) is 0 Å². The number of hydrogen-bond acceptors (Lipinski definition) is 2. The maximum absolute atomic E-state index is 5.00. The average molecular weight is 201 g/mol. The summed E-state index contributed by atoms with van der Waals surface area (Å²) in [7, 11) is 0. The number of nitrogens with one attached hydrogen (secondary N) is 1. The SMILES string of the molecule is S=c1ccn2c(n1)[nH]c1ccccc12. The number of H-pyrrole nitrogens is 1. The van der Waals surface area contributed by atoms with Crippen molar-refractivity contribution in [1.82, 2.24) is 14.4 Å². The van der Waals surface area contributed by atoms with Gasteiger partial charge in [0, 0.05) is 6.20 Å². The molecule has 0 saturated carbocycles. The highest BCUT2D eigenvalue weighted by Crippen LogP contribution is 2.13. The Morgan fingerprint density at radius 2 is 2.07 bits per heavy atom. The molecule has 3 aromatic rings. The van der Waals surface area contributed by atoms with E-state index in [1.54, 1.807) is 0 Å². The maximum Gasteiger partial charge on any atom is 0.213 e. The summed E-state index contributed by atoms with van der Waals surface area (Å²) in [4.78, 5) is 7.44. The Kier molecular flexibility index (Phi) is 1.46. The van der Waals surface area contributed by atoms with Crippen molar-refractivity contribution in [3.8, 4) is 0 Å². The lowest BCUT2D eigenvalue weighted by Crippen LogP contribution is -1.86. The minimum atomic E-state index is 0.608. The van der Waals surface area contributed by atoms with Crippen LogP contribution in [0.5, 0.6) is 0 Å². The van der Waals surface area contributed by atoms with Crippen LogP contribution < -0.4 is 0 Å². The summed E-state index contributed by atoms with van der Waals surface area (Å²) < 4.78 is 2.60. The van der Waals surface area contributed by atoms with Crippen LogP contribution in [0.1, 0.15) is 0 Å². The van der Waals surface area contributed by atoms with Crippen molar-refractivity contribution in [3.05, 3.63) is 41.2 Å². The van der Waals surface area contributed by atoms with E-state index < -0.39 is 0 Å². The molecule has 1 N–H and O–H groups in total. The van der Waals surface area contributed by atoms with Gasteiger partial charge in [-0.15, -0.1) is 0 Å². The van der Waals surface area contributed by atoms with Crippen molar-refractivity contribution in [2.75, 3.05) is 0 Å². The number of rotatable bonds is 0. The van der Waals surface area contributed by atoms with Crippen LogP contribution in [0.25, 0.3) is 16.8 Å². The van der Waals surface area contributed by atoms with Crippen molar-refractivity contribution in [1.29, 1.82) is 0 Å². The molecule has 0 spiro atoms. The highest BCUT2D eigenvalue weighted by Gasteiger charge is 2.00. The monoisotopic (exact) mass is 201 g/mol. The highest BCUT2D eigenvalue weighted by atomic mass is 32.1. The number of aromatic amines is 1. The first-order chi connectivity index (χ1) is 6.84. The Hall–Kier alpha value is -1.68. The third-order valence-corrected chi connectivity index (χ3v) is 2.45. The van der Waals surface area contributed by atoms with Gasteiger partial charge in [-0.1, -0.05) is 24.4 Å². The molecule has 14 heavy (non-hydrogen) atoms. The number of nitrogens with zero attached hydrogens (tertiary/aromatic N) is 2. The second kappa shape index (κ2) is 2.65. The lowest BCUT2D eigenvalue weighted by atomic mass is 10.3. The molecule has 68 valence electrons. The standard InChI is InChI=1S/C10H7N3S/c14-9-5-6-13-8-4-2-1-3-7(8)11-10(13)12-9/h1-6H,(H,11,12,14). The van der Waals surface area contributed by atoms with E-state index in [4.69, 9.17) is 12.2 Å². The molecule has 0 unspecified atom stereocenters. The normalized spacial score (nSPS) is 11.1. The van der Waals surface area contributed by atoms with Crippen molar-refractivity contribution in [2.24, 2.45) is 0 Å². The van der Waals surface area contributed by atoms with Crippen LogP contribution in [0, 0.1) is 4.64 Å². The first kappa shape index (κ1) is 7.70. The van der Waals surface area contributed by atoms with Gasteiger partial charge in [0.1, 0.15) is 4.64 Å². The number of benzene rings is 1. The molecule has 3 nitrogen and oxygen atoms in total. The second-order valence-electron chi connectivity index (χ2n) is 3.10. The van der Waals surface area contributed by atoms with E-state index in [0.717, 1.165) is 16.8 Å². The topological polar surface area (TPSA) is 33.1 Å². The fraction of sp³-hybridized carbons (Fsp3) is 0. The van der Waals surface area contributed by atoms with Crippen LogP contribution in [0.15, 0.2) is 36.5 Å². The predicted octanol–water partition coefficient (Wildman–Crippen LogP) is 2.55. The molecule has 0 fully saturated rings. The summed E-state index contributed by atoms with van der Waals surface area (Å²) in [6.07, 6.45) is 1.93. The Bertz CT molecular complexity index is 665. The zero-order valence-electron chi connectivity index (χ0n) is 7.27. The Morgan fingerprint density at radius 3 is 3.00 bits per heavy atom. The van der Waals surface area contributed by atoms with Crippen LogP contribution in [0.2, 0.25) is 0 Å². The van der Waals surface area contributed by atoms with E-state index in [1.807, 2.05) is 40.9 Å². The van der Waals surface area contributed by atoms with E-state index in [-0.39, 0.29) is 0 Å². The fourth-order valence-corrected chi connectivity index (χ4v) is 1.74. The van der Waals surface area contributed by atoms with Crippen molar-refractivity contribution in [3.63, 3.8) is 0 Å². The molecule has 0 amide bonds. The van der Waals surface area contributed by atoms with Gasteiger partial charge >= 0.3 is 0 Å². The van der Waals surface area contributed by atoms with Gasteiger partial charge in [0.25, 0.3) is 0 Å². The first-order valence-corrected chi connectivity index (χ1v) is 4.71. The van der Waals surface area contributed by atoms with Gasteiger partial charge in [0.15, 0.2) is 0 Å². The van der Waals surface area contributed by atoms with Gasteiger partial charge in [0.05, 0.1) is 11.0 Å². The van der Waals surface area contributed by atoms with Crippen LogP contribution in [0.4, 0.5) is 0 Å². The summed E-state index contributed by atoms with van der Waals surface area (Å²) in [6.45, 7) is 0. The molecule has 0 bridgehead atoms. The van der Waals surface area contributed by atoms with E-state index in [0.29, 0.717) is 4.64 Å². The van der Waals surface area contributed by atoms with Gasteiger partial charge in [-0.25, -0.2) is 4.98 Å². The molecule has 0 aliphatic rings. The first-order valence-electron chi connectivity index (χ1n) is 4.31. The quantitative estimate of drug-likeness (QED) is 0.567. The van der Waals surface area contributed by atoms with Crippen LogP contribution in [-0.4, -0.2) is 14.4 Å². The van der Waals surface area contributed by atoms with Gasteiger partial charge in [0.2, 0.25) is 5.78 Å². The minimum Gasteiger partial charge on any atom is -0.323 e. The molecule has 0 aliphatic carbocycles. The highest BCUT2D eigenvalue weighted by molar-refractivity contribution is 7.71. The predicted molar refractivity (Wildman–Crippen MR) is 57.9 cm³/mol. The fourth-order valence-electron chi connectivity index (χ4n) is 1.60.